The Hall–Kier alpha value is -0.680. The van der Waals surface area contributed by atoms with Gasteiger partial charge in [-0.25, -0.2) is 4.98 Å². The number of hydrogen-bond donors (Lipinski definition) is 2. The van der Waals surface area contributed by atoms with Crippen LogP contribution in [0.4, 0.5) is 5.13 Å². The van der Waals surface area contributed by atoms with Crippen LogP contribution in [0.15, 0.2) is 0 Å². The Bertz CT molecular complexity index is 344. The van der Waals surface area contributed by atoms with Crippen molar-refractivity contribution in [3.8, 4) is 0 Å². The van der Waals surface area contributed by atoms with E-state index in [0.717, 1.165) is 30.5 Å². The fourth-order valence-corrected chi connectivity index (χ4v) is 2.51. The molecular formula is C11H20N4S. The number of anilines is 1. The Morgan fingerprint density at radius 2 is 2.25 bits per heavy atom. The molecule has 0 radical (unpaired) electrons. The molecule has 1 heterocycles. The molecule has 0 unspecified atom stereocenters. The molecule has 16 heavy (non-hydrogen) atoms. The van der Waals surface area contributed by atoms with Crippen molar-refractivity contribution in [3.63, 3.8) is 0 Å². The topological polar surface area (TPSA) is 63.8 Å². The number of nitrogens with one attached hydrogen (secondary N) is 1. The maximum atomic E-state index is 5.61. The lowest BCUT2D eigenvalue weighted by Crippen LogP contribution is -2.19. The molecule has 1 aromatic heterocycles. The van der Waals surface area contributed by atoms with Gasteiger partial charge in [-0.3, -0.25) is 0 Å². The monoisotopic (exact) mass is 240 g/mol. The summed E-state index contributed by atoms with van der Waals surface area (Å²) in [5, 5.41) is 4.35. The zero-order valence-electron chi connectivity index (χ0n) is 9.99. The van der Waals surface area contributed by atoms with Gasteiger partial charge in [0.15, 0.2) is 0 Å². The lowest BCUT2D eigenvalue weighted by Gasteiger charge is -2.13. The van der Waals surface area contributed by atoms with Crippen molar-refractivity contribution in [2.45, 2.75) is 39.0 Å². The van der Waals surface area contributed by atoms with Crippen LogP contribution in [-0.4, -0.2) is 22.4 Å². The summed E-state index contributed by atoms with van der Waals surface area (Å²) in [7, 11) is 0. The Kier molecular flexibility index (Phi) is 3.44. The van der Waals surface area contributed by atoms with E-state index in [1.807, 2.05) is 0 Å². The molecule has 1 aromatic rings. The molecule has 0 saturated heterocycles. The van der Waals surface area contributed by atoms with Crippen LogP contribution < -0.4 is 11.1 Å². The molecule has 0 bridgehead atoms. The number of hydrogen-bond acceptors (Lipinski definition) is 5. The van der Waals surface area contributed by atoms with Crippen molar-refractivity contribution in [2.75, 3.05) is 18.4 Å². The van der Waals surface area contributed by atoms with E-state index in [1.54, 1.807) is 0 Å². The van der Waals surface area contributed by atoms with E-state index in [0.29, 0.717) is 11.3 Å². The normalized spacial score (nSPS) is 17.8. The standard InChI is InChI=1S/C11H20N4S/c1-8(2)9-14-10(16-15-9)13-7-11(3-4-11)5-6-12/h8H,3-7,12H2,1-2H3,(H,13,14,15). The summed E-state index contributed by atoms with van der Waals surface area (Å²) in [6, 6.07) is 0. The molecule has 0 aromatic carbocycles. The highest BCUT2D eigenvalue weighted by molar-refractivity contribution is 7.09. The molecule has 1 saturated carbocycles. The van der Waals surface area contributed by atoms with Crippen molar-refractivity contribution < 1.29 is 0 Å². The first kappa shape index (κ1) is 11.8. The fourth-order valence-electron chi connectivity index (χ4n) is 1.80. The van der Waals surface area contributed by atoms with Crippen molar-refractivity contribution >= 4 is 16.7 Å². The highest BCUT2D eigenvalue weighted by Gasteiger charge is 2.41. The van der Waals surface area contributed by atoms with Crippen LogP contribution in [0.2, 0.25) is 0 Å². The van der Waals surface area contributed by atoms with Gasteiger partial charge in [0.1, 0.15) is 5.82 Å². The van der Waals surface area contributed by atoms with Crippen LogP contribution in [0.1, 0.15) is 44.9 Å². The Labute approximate surface area is 101 Å². The van der Waals surface area contributed by atoms with Crippen molar-refractivity contribution in [1.82, 2.24) is 9.36 Å². The number of nitrogens with two attached hydrogens (primary N) is 1. The quantitative estimate of drug-likeness (QED) is 0.800. The van der Waals surface area contributed by atoms with Gasteiger partial charge in [0.2, 0.25) is 5.13 Å². The minimum absolute atomic E-state index is 0.408. The highest BCUT2D eigenvalue weighted by Crippen LogP contribution is 2.48. The Morgan fingerprint density at radius 1 is 1.50 bits per heavy atom. The van der Waals surface area contributed by atoms with Gasteiger partial charge in [-0.05, 0) is 31.2 Å². The SMILES string of the molecule is CC(C)c1nsc(NCC2(CCN)CC2)n1. The molecule has 1 aliphatic rings. The molecule has 4 nitrogen and oxygen atoms in total. The molecule has 3 N–H and O–H groups in total. The Morgan fingerprint density at radius 3 is 2.75 bits per heavy atom. The minimum atomic E-state index is 0.408. The third-order valence-electron chi connectivity index (χ3n) is 3.20. The number of aromatic nitrogens is 2. The van der Waals surface area contributed by atoms with Crippen molar-refractivity contribution in [1.29, 1.82) is 0 Å². The summed E-state index contributed by atoms with van der Waals surface area (Å²) in [5.41, 5.74) is 6.07. The number of rotatable bonds is 6. The average molecular weight is 240 g/mol. The lowest BCUT2D eigenvalue weighted by molar-refractivity contribution is 0.501. The first-order valence-corrected chi connectivity index (χ1v) is 6.70. The Balaban J connectivity index is 1.85. The minimum Gasteiger partial charge on any atom is -0.360 e. The van der Waals surface area contributed by atoms with E-state index in [9.17, 15) is 0 Å². The second-order valence-electron chi connectivity index (χ2n) is 5.00. The van der Waals surface area contributed by atoms with Gasteiger partial charge in [-0.1, -0.05) is 13.8 Å². The third-order valence-corrected chi connectivity index (χ3v) is 3.89. The van der Waals surface area contributed by atoms with E-state index >= 15 is 0 Å². The predicted octanol–water partition coefficient (Wildman–Crippen LogP) is 2.20. The van der Waals surface area contributed by atoms with Crippen molar-refractivity contribution in [3.05, 3.63) is 5.82 Å². The molecule has 0 aliphatic heterocycles. The summed E-state index contributed by atoms with van der Waals surface area (Å²) < 4.78 is 4.33. The maximum absolute atomic E-state index is 5.61. The lowest BCUT2D eigenvalue weighted by atomic mass is 10.0. The summed E-state index contributed by atoms with van der Waals surface area (Å²) in [6.07, 6.45) is 3.72. The van der Waals surface area contributed by atoms with Crippen LogP contribution in [0.5, 0.6) is 0 Å². The molecule has 1 aliphatic carbocycles. The van der Waals surface area contributed by atoms with Crippen LogP contribution in [-0.2, 0) is 0 Å². The maximum Gasteiger partial charge on any atom is 0.202 e. The van der Waals surface area contributed by atoms with Gasteiger partial charge in [0.25, 0.3) is 0 Å². The third kappa shape index (κ3) is 2.71. The zero-order chi connectivity index (χ0) is 11.6. The predicted molar refractivity (Wildman–Crippen MR) is 67.8 cm³/mol. The second-order valence-corrected chi connectivity index (χ2v) is 5.76. The van der Waals surface area contributed by atoms with Crippen LogP contribution in [0.25, 0.3) is 0 Å². The fraction of sp³-hybridized carbons (Fsp3) is 0.818. The van der Waals surface area contributed by atoms with E-state index in [-0.39, 0.29) is 0 Å². The van der Waals surface area contributed by atoms with Gasteiger partial charge in [0, 0.05) is 24.0 Å². The molecule has 2 rings (SSSR count). The van der Waals surface area contributed by atoms with Crippen LogP contribution >= 0.6 is 11.5 Å². The largest absolute Gasteiger partial charge is 0.360 e. The van der Waals surface area contributed by atoms with E-state index < -0.39 is 0 Å². The zero-order valence-corrected chi connectivity index (χ0v) is 10.8. The highest BCUT2D eigenvalue weighted by atomic mass is 32.1. The molecular weight excluding hydrogens is 220 g/mol. The van der Waals surface area contributed by atoms with Gasteiger partial charge in [-0.15, -0.1) is 0 Å². The smallest absolute Gasteiger partial charge is 0.202 e. The molecule has 5 heteroatoms. The first-order chi connectivity index (χ1) is 7.65. The molecule has 0 amide bonds. The van der Waals surface area contributed by atoms with E-state index in [2.05, 4.69) is 28.5 Å². The molecule has 1 fully saturated rings. The molecule has 90 valence electrons. The van der Waals surface area contributed by atoms with Crippen LogP contribution in [0, 0.1) is 5.41 Å². The van der Waals surface area contributed by atoms with Gasteiger partial charge < -0.3 is 11.1 Å². The van der Waals surface area contributed by atoms with E-state index in [4.69, 9.17) is 5.73 Å². The van der Waals surface area contributed by atoms with Gasteiger partial charge >= 0.3 is 0 Å². The van der Waals surface area contributed by atoms with Crippen molar-refractivity contribution in [2.24, 2.45) is 11.1 Å². The molecule has 0 spiro atoms. The summed E-state index contributed by atoms with van der Waals surface area (Å²) in [6.45, 7) is 6.01. The first-order valence-electron chi connectivity index (χ1n) is 5.93. The second kappa shape index (κ2) is 4.67. The summed E-state index contributed by atoms with van der Waals surface area (Å²) in [5.74, 6) is 1.35. The van der Waals surface area contributed by atoms with Gasteiger partial charge in [0.05, 0.1) is 0 Å². The summed E-state index contributed by atoms with van der Waals surface area (Å²) >= 11 is 1.46. The van der Waals surface area contributed by atoms with E-state index in [1.165, 1.54) is 24.4 Å². The number of nitrogens with zero attached hydrogens (tertiary/aromatic N) is 2. The molecule has 0 atom stereocenters. The summed E-state index contributed by atoms with van der Waals surface area (Å²) in [4.78, 5) is 4.47. The average Bonchev–Trinajstić information content (AvgIpc) is 2.84. The van der Waals surface area contributed by atoms with Gasteiger partial charge in [-0.2, -0.15) is 4.37 Å². The van der Waals surface area contributed by atoms with Crippen LogP contribution in [0.3, 0.4) is 0 Å².